The summed E-state index contributed by atoms with van der Waals surface area (Å²) >= 11 is 0. The molecule has 2 aromatic carbocycles. The lowest BCUT2D eigenvalue weighted by molar-refractivity contribution is -0.137. The largest absolute Gasteiger partial charge is 0.417 e. The van der Waals surface area contributed by atoms with E-state index in [2.05, 4.69) is 32.5 Å². The highest BCUT2D eigenvalue weighted by molar-refractivity contribution is 5.86. The van der Waals surface area contributed by atoms with Crippen molar-refractivity contribution in [1.82, 2.24) is 9.97 Å². The summed E-state index contributed by atoms with van der Waals surface area (Å²) in [6, 6.07) is 9.50. The quantitative estimate of drug-likeness (QED) is 0.261. The average molecular weight is 488 g/mol. The van der Waals surface area contributed by atoms with Gasteiger partial charge in [0.25, 0.3) is 0 Å². The minimum Gasteiger partial charge on any atom is -0.385 e. The van der Waals surface area contributed by atoms with Crippen LogP contribution in [-0.2, 0) is 6.18 Å². The van der Waals surface area contributed by atoms with Crippen molar-refractivity contribution in [3.63, 3.8) is 0 Å². The Hall–Kier alpha value is -3.62. The highest BCUT2D eigenvalue weighted by Crippen LogP contribution is 2.38. The third-order valence-corrected chi connectivity index (χ3v) is 5.26. The van der Waals surface area contributed by atoms with Crippen LogP contribution in [0, 0.1) is 12.7 Å². The van der Waals surface area contributed by atoms with Crippen molar-refractivity contribution >= 4 is 22.9 Å². The average Bonchev–Trinajstić information content (AvgIpc) is 2.82. The number of rotatable bonds is 10. The fourth-order valence-electron chi connectivity index (χ4n) is 3.56. The standard InChI is InChI=1S/C26H29F4N5/c1-5-13-31-22-12-11-18(27)15-20(22)16(3)33-25-23(32-14-6-2)17(4)34-24(35-25)19-9-7-8-10-21(19)26(28,29)30/h7-12,15,31-32H,3,5-6,13-14H2,1-2,4H3,(H,33,34,35). The first kappa shape index (κ1) is 26.0. The molecule has 1 aromatic heterocycles. The molecule has 186 valence electrons. The number of nitrogens with one attached hydrogen (secondary N) is 3. The Bertz CT molecular complexity index is 1190. The molecule has 0 aliphatic carbocycles. The first-order chi connectivity index (χ1) is 16.7. The first-order valence-electron chi connectivity index (χ1n) is 11.4. The second-order valence-corrected chi connectivity index (χ2v) is 8.05. The molecule has 0 saturated carbocycles. The topological polar surface area (TPSA) is 61.9 Å². The number of nitrogens with zero attached hydrogens (tertiary/aromatic N) is 2. The molecule has 0 saturated heterocycles. The van der Waals surface area contributed by atoms with E-state index in [1.165, 1.54) is 30.3 Å². The molecule has 0 unspecified atom stereocenters. The van der Waals surface area contributed by atoms with E-state index in [4.69, 9.17) is 0 Å². The van der Waals surface area contributed by atoms with Crippen LogP contribution >= 0.6 is 0 Å². The number of alkyl halides is 3. The van der Waals surface area contributed by atoms with E-state index in [1.54, 1.807) is 13.0 Å². The summed E-state index contributed by atoms with van der Waals surface area (Å²) in [6.45, 7) is 11.0. The predicted octanol–water partition coefficient (Wildman–Crippen LogP) is 7.34. The van der Waals surface area contributed by atoms with E-state index < -0.39 is 17.6 Å². The monoisotopic (exact) mass is 487 g/mol. The number of aromatic nitrogens is 2. The molecule has 0 atom stereocenters. The molecule has 0 bridgehead atoms. The maximum Gasteiger partial charge on any atom is 0.417 e. The van der Waals surface area contributed by atoms with Crippen molar-refractivity contribution < 1.29 is 17.6 Å². The van der Waals surface area contributed by atoms with Gasteiger partial charge in [-0.05, 0) is 44.0 Å². The Kier molecular flexibility index (Phi) is 8.32. The second-order valence-electron chi connectivity index (χ2n) is 8.05. The van der Waals surface area contributed by atoms with Gasteiger partial charge >= 0.3 is 6.18 Å². The van der Waals surface area contributed by atoms with Gasteiger partial charge in [0.05, 0.1) is 16.9 Å². The van der Waals surface area contributed by atoms with E-state index in [0.29, 0.717) is 41.4 Å². The Labute approximate surface area is 202 Å². The molecule has 3 N–H and O–H groups in total. The minimum atomic E-state index is -4.56. The maximum absolute atomic E-state index is 14.1. The number of benzene rings is 2. The van der Waals surface area contributed by atoms with Crippen LogP contribution in [-0.4, -0.2) is 23.1 Å². The van der Waals surface area contributed by atoms with E-state index in [1.807, 2.05) is 13.8 Å². The minimum absolute atomic E-state index is 0.0728. The van der Waals surface area contributed by atoms with E-state index in [-0.39, 0.29) is 17.2 Å². The zero-order valence-corrected chi connectivity index (χ0v) is 20.0. The Morgan fingerprint density at radius 2 is 1.66 bits per heavy atom. The highest BCUT2D eigenvalue weighted by Gasteiger charge is 2.34. The second kappa shape index (κ2) is 11.2. The van der Waals surface area contributed by atoms with E-state index in [9.17, 15) is 17.6 Å². The summed E-state index contributed by atoms with van der Waals surface area (Å²) in [5.74, 6) is -0.252. The van der Waals surface area contributed by atoms with Crippen LogP contribution in [0.5, 0.6) is 0 Å². The van der Waals surface area contributed by atoms with Crippen molar-refractivity contribution in [2.24, 2.45) is 0 Å². The van der Waals surface area contributed by atoms with Crippen molar-refractivity contribution in [2.75, 3.05) is 29.0 Å². The van der Waals surface area contributed by atoms with Crippen LogP contribution < -0.4 is 16.0 Å². The smallest absolute Gasteiger partial charge is 0.385 e. The third kappa shape index (κ3) is 6.29. The first-order valence-corrected chi connectivity index (χ1v) is 11.4. The van der Waals surface area contributed by atoms with Gasteiger partial charge in [0.2, 0.25) is 0 Å². The van der Waals surface area contributed by atoms with Gasteiger partial charge in [-0.25, -0.2) is 14.4 Å². The van der Waals surface area contributed by atoms with Gasteiger partial charge in [0, 0.05) is 35.6 Å². The molecule has 3 rings (SSSR count). The highest BCUT2D eigenvalue weighted by atomic mass is 19.4. The molecule has 9 heteroatoms. The third-order valence-electron chi connectivity index (χ3n) is 5.26. The van der Waals surface area contributed by atoms with Gasteiger partial charge in [0.15, 0.2) is 11.6 Å². The maximum atomic E-state index is 14.1. The van der Waals surface area contributed by atoms with Crippen molar-refractivity contribution in [2.45, 2.75) is 39.8 Å². The number of anilines is 3. The van der Waals surface area contributed by atoms with Gasteiger partial charge in [-0.1, -0.05) is 38.6 Å². The van der Waals surface area contributed by atoms with Gasteiger partial charge in [0.1, 0.15) is 5.82 Å². The van der Waals surface area contributed by atoms with Gasteiger partial charge in [-0.15, -0.1) is 0 Å². The van der Waals surface area contributed by atoms with Crippen LogP contribution in [0.1, 0.15) is 43.5 Å². The molecule has 0 aliphatic rings. The normalized spacial score (nSPS) is 11.3. The lowest BCUT2D eigenvalue weighted by atomic mass is 10.1. The van der Waals surface area contributed by atoms with E-state index >= 15 is 0 Å². The summed E-state index contributed by atoms with van der Waals surface area (Å²) in [4.78, 5) is 8.82. The van der Waals surface area contributed by atoms with Crippen molar-refractivity contribution in [3.8, 4) is 11.4 Å². The summed E-state index contributed by atoms with van der Waals surface area (Å²) in [5, 5.41) is 9.56. The zero-order valence-electron chi connectivity index (χ0n) is 20.0. The zero-order chi connectivity index (χ0) is 25.6. The summed E-state index contributed by atoms with van der Waals surface area (Å²) in [7, 11) is 0. The number of hydrogen-bond acceptors (Lipinski definition) is 5. The molecule has 35 heavy (non-hydrogen) atoms. The van der Waals surface area contributed by atoms with Crippen LogP contribution in [0.3, 0.4) is 0 Å². The van der Waals surface area contributed by atoms with Crippen LogP contribution in [0.4, 0.5) is 34.8 Å². The lowest BCUT2D eigenvalue weighted by Gasteiger charge is -2.20. The fraction of sp³-hybridized carbons (Fsp3) is 0.308. The van der Waals surface area contributed by atoms with Crippen LogP contribution in [0.15, 0.2) is 49.0 Å². The molecule has 0 aliphatic heterocycles. The molecule has 0 spiro atoms. The van der Waals surface area contributed by atoms with Crippen LogP contribution in [0.2, 0.25) is 0 Å². The Morgan fingerprint density at radius 1 is 0.971 bits per heavy atom. The van der Waals surface area contributed by atoms with E-state index in [0.717, 1.165) is 18.9 Å². The summed E-state index contributed by atoms with van der Waals surface area (Å²) < 4.78 is 55.0. The SMILES string of the molecule is C=C(Nc1nc(-c2ccccc2C(F)(F)F)nc(C)c1NCCC)c1cc(F)ccc1NCCC. The molecule has 0 amide bonds. The Balaban J connectivity index is 2.09. The summed E-state index contributed by atoms with van der Waals surface area (Å²) in [6.07, 6.45) is -2.88. The molecule has 0 fully saturated rings. The molecule has 0 radical (unpaired) electrons. The molecule has 5 nitrogen and oxygen atoms in total. The lowest BCUT2D eigenvalue weighted by Crippen LogP contribution is -2.13. The van der Waals surface area contributed by atoms with Crippen molar-refractivity contribution in [3.05, 3.63) is 71.7 Å². The Morgan fingerprint density at radius 3 is 2.34 bits per heavy atom. The van der Waals surface area contributed by atoms with Crippen LogP contribution in [0.25, 0.3) is 17.1 Å². The molecule has 1 heterocycles. The fourth-order valence-corrected chi connectivity index (χ4v) is 3.56. The van der Waals surface area contributed by atoms with Gasteiger partial charge in [-0.3, -0.25) is 0 Å². The summed E-state index contributed by atoms with van der Waals surface area (Å²) in [5.41, 5.74) is 1.58. The van der Waals surface area contributed by atoms with Gasteiger partial charge in [-0.2, -0.15) is 13.2 Å². The molecular formula is C26H29F4N5. The number of halogens is 4. The van der Waals surface area contributed by atoms with Gasteiger partial charge < -0.3 is 16.0 Å². The number of hydrogen-bond donors (Lipinski definition) is 3. The van der Waals surface area contributed by atoms with Crippen molar-refractivity contribution in [1.29, 1.82) is 0 Å². The molecule has 3 aromatic rings. The number of aryl methyl sites for hydroxylation is 1. The predicted molar refractivity (Wildman–Crippen MR) is 134 cm³/mol. The molecular weight excluding hydrogens is 458 g/mol.